The Morgan fingerprint density at radius 2 is 2.31 bits per heavy atom. The van der Waals surface area contributed by atoms with Crippen molar-refractivity contribution in [3.05, 3.63) is 16.1 Å². The Morgan fingerprint density at radius 1 is 1.56 bits per heavy atom. The molecular weight excluding hydrogens is 224 g/mol. The van der Waals surface area contributed by atoms with E-state index in [2.05, 4.69) is 4.98 Å². The van der Waals surface area contributed by atoms with Crippen LogP contribution in [0.4, 0.5) is 0 Å². The number of aliphatic hydroxyl groups is 1. The molecule has 0 aliphatic carbocycles. The van der Waals surface area contributed by atoms with Crippen LogP contribution in [0.5, 0.6) is 0 Å². The quantitative estimate of drug-likeness (QED) is 0.770. The van der Waals surface area contributed by atoms with Gasteiger partial charge < -0.3 is 10.0 Å². The highest BCUT2D eigenvalue weighted by Crippen LogP contribution is 2.14. The van der Waals surface area contributed by atoms with Crippen LogP contribution in [0.15, 0.2) is 6.20 Å². The van der Waals surface area contributed by atoms with Crippen molar-refractivity contribution in [3.8, 4) is 0 Å². The monoisotopic (exact) mass is 242 g/mol. The van der Waals surface area contributed by atoms with Gasteiger partial charge in [0.05, 0.1) is 11.6 Å². The van der Waals surface area contributed by atoms with E-state index in [-0.39, 0.29) is 12.5 Å². The molecule has 0 unspecified atom stereocenters. The molecule has 5 heteroatoms. The first-order valence-electron chi connectivity index (χ1n) is 5.39. The number of amides is 1. The van der Waals surface area contributed by atoms with Gasteiger partial charge in [0.15, 0.2) is 0 Å². The predicted molar refractivity (Wildman–Crippen MR) is 64.3 cm³/mol. The molecule has 90 valence electrons. The molecule has 0 aromatic carbocycles. The van der Waals surface area contributed by atoms with Crippen molar-refractivity contribution in [3.63, 3.8) is 0 Å². The summed E-state index contributed by atoms with van der Waals surface area (Å²) < 4.78 is 0. The lowest BCUT2D eigenvalue weighted by atomic mass is 10.2. The fourth-order valence-corrected chi connectivity index (χ4v) is 2.23. The molecule has 0 saturated heterocycles. The average Bonchev–Trinajstić information content (AvgIpc) is 2.64. The number of hydrogen-bond acceptors (Lipinski definition) is 4. The van der Waals surface area contributed by atoms with Crippen LogP contribution in [0.3, 0.4) is 0 Å². The van der Waals surface area contributed by atoms with Gasteiger partial charge in [0.1, 0.15) is 0 Å². The van der Waals surface area contributed by atoms with Gasteiger partial charge in [0, 0.05) is 31.1 Å². The lowest BCUT2D eigenvalue weighted by molar-refractivity contribution is -0.130. The van der Waals surface area contributed by atoms with Crippen molar-refractivity contribution in [2.75, 3.05) is 13.7 Å². The Labute approximate surface area is 99.9 Å². The fourth-order valence-electron chi connectivity index (χ4n) is 1.38. The van der Waals surface area contributed by atoms with Gasteiger partial charge in [-0.3, -0.25) is 4.79 Å². The molecular formula is C11H18N2O2S. The van der Waals surface area contributed by atoms with Gasteiger partial charge >= 0.3 is 0 Å². The van der Waals surface area contributed by atoms with E-state index in [0.29, 0.717) is 19.4 Å². The number of unbranched alkanes of at least 4 members (excludes halogenated alkanes) is 1. The summed E-state index contributed by atoms with van der Waals surface area (Å²) in [5.74, 6) is 0.125. The minimum absolute atomic E-state index is 0.125. The highest BCUT2D eigenvalue weighted by Gasteiger charge is 2.09. The predicted octanol–water partition coefficient (Wildman–Crippen LogP) is 1.57. The lowest BCUT2D eigenvalue weighted by Gasteiger charge is -2.15. The Bertz CT molecular complexity index is 338. The number of rotatable bonds is 6. The molecule has 0 spiro atoms. The molecule has 0 saturated carbocycles. The molecule has 1 aromatic heterocycles. The second-order valence-electron chi connectivity index (χ2n) is 3.78. The summed E-state index contributed by atoms with van der Waals surface area (Å²) in [4.78, 5) is 18.6. The maximum atomic E-state index is 11.7. The van der Waals surface area contributed by atoms with E-state index in [1.165, 1.54) is 0 Å². The molecule has 0 radical (unpaired) electrons. The fraction of sp³-hybridized carbons (Fsp3) is 0.636. The zero-order valence-corrected chi connectivity index (χ0v) is 10.6. The van der Waals surface area contributed by atoms with Crippen molar-refractivity contribution in [1.29, 1.82) is 0 Å². The van der Waals surface area contributed by atoms with E-state index in [9.17, 15) is 4.79 Å². The lowest BCUT2D eigenvalue weighted by Crippen LogP contribution is -2.25. The van der Waals surface area contributed by atoms with E-state index in [1.807, 2.05) is 13.1 Å². The molecule has 1 heterocycles. The molecule has 1 aromatic rings. The van der Waals surface area contributed by atoms with Crippen molar-refractivity contribution in [1.82, 2.24) is 9.88 Å². The van der Waals surface area contributed by atoms with E-state index in [4.69, 9.17) is 5.11 Å². The standard InChI is InChI=1S/C11H18N2O2S/c1-9-12-7-10(16-9)8-13(2)11(15)5-3-4-6-14/h7,14H,3-6,8H2,1-2H3. The highest BCUT2D eigenvalue weighted by atomic mass is 32.1. The first-order chi connectivity index (χ1) is 7.63. The molecule has 1 N–H and O–H groups in total. The maximum Gasteiger partial charge on any atom is 0.222 e. The second-order valence-corrected chi connectivity index (χ2v) is 5.10. The van der Waals surface area contributed by atoms with Gasteiger partial charge in [0.25, 0.3) is 0 Å². The van der Waals surface area contributed by atoms with Crippen molar-refractivity contribution in [2.45, 2.75) is 32.7 Å². The van der Waals surface area contributed by atoms with Crippen LogP contribution in [0.25, 0.3) is 0 Å². The third kappa shape index (κ3) is 4.28. The van der Waals surface area contributed by atoms with E-state index in [0.717, 1.165) is 16.3 Å². The smallest absolute Gasteiger partial charge is 0.222 e. The van der Waals surface area contributed by atoms with Crippen molar-refractivity contribution in [2.24, 2.45) is 0 Å². The Kier molecular flexibility index (Phi) is 5.42. The summed E-state index contributed by atoms with van der Waals surface area (Å²) in [5.41, 5.74) is 0. The van der Waals surface area contributed by atoms with Crippen LogP contribution < -0.4 is 0 Å². The molecule has 1 amide bonds. The molecule has 0 aliphatic heterocycles. The summed E-state index contributed by atoms with van der Waals surface area (Å²) >= 11 is 1.62. The topological polar surface area (TPSA) is 53.4 Å². The minimum Gasteiger partial charge on any atom is -0.396 e. The number of aryl methyl sites for hydroxylation is 1. The van der Waals surface area contributed by atoms with Gasteiger partial charge in [-0.2, -0.15) is 0 Å². The molecule has 0 aliphatic rings. The Balaban J connectivity index is 2.34. The number of nitrogens with zero attached hydrogens (tertiary/aromatic N) is 2. The number of carbonyl (C=O) groups excluding carboxylic acids is 1. The molecule has 0 bridgehead atoms. The SMILES string of the molecule is Cc1ncc(CN(C)C(=O)CCCCO)s1. The average molecular weight is 242 g/mol. The second kappa shape index (κ2) is 6.60. The number of thiazole rings is 1. The third-order valence-corrected chi connectivity index (χ3v) is 3.18. The van der Waals surface area contributed by atoms with Crippen LogP contribution in [-0.4, -0.2) is 34.6 Å². The van der Waals surface area contributed by atoms with E-state index < -0.39 is 0 Å². The van der Waals surface area contributed by atoms with Gasteiger partial charge in [-0.1, -0.05) is 0 Å². The molecule has 16 heavy (non-hydrogen) atoms. The van der Waals surface area contributed by atoms with E-state index in [1.54, 1.807) is 23.3 Å². The number of aliphatic hydroxyl groups excluding tert-OH is 1. The minimum atomic E-state index is 0.125. The summed E-state index contributed by atoms with van der Waals surface area (Å²) in [6.07, 6.45) is 3.77. The Morgan fingerprint density at radius 3 is 2.88 bits per heavy atom. The first kappa shape index (κ1) is 13.1. The largest absolute Gasteiger partial charge is 0.396 e. The van der Waals surface area contributed by atoms with Gasteiger partial charge in [-0.05, 0) is 19.8 Å². The van der Waals surface area contributed by atoms with Crippen LogP contribution in [0, 0.1) is 6.92 Å². The van der Waals surface area contributed by atoms with Crippen LogP contribution >= 0.6 is 11.3 Å². The van der Waals surface area contributed by atoms with Gasteiger partial charge in [-0.15, -0.1) is 11.3 Å². The molecule has 0 fully saturated rings. The van der Waals surface area contributed by atoms with Crippen molar-refractivity contribution >= 4 is 17.2 Å². The summed E-state index contributed by atoms with van der Waals surface area (Å²) in [6.45, 7) is 2.74. The van der Waals surface area contributed by atoms with Crippen molar-refractivity contribution < 1.29 is 9.90 Å². The normalized spacial score (nSPS) is 10.4. The summed E-state index contributed by atoms with van der Waals surface area (Å²) in [6, 6.07) is 0. The number of carbonyl (C=O) groups is 1. The third-order valence-electron chi connectivity index (χ3n) is 2.29. The van der Waals surface area contributed by atoms with Crippen LogP contribution in [0.1, 0.15) is 29.1 Å². The Hall–Kier alpha value is -0.940. The zero-order valence-electron chi connectivity index (χ0n) is 9.77. The molecule has 1 rings (SSSR count). The maximum absolute atomic E-state index is 11.7. The van der Waals surface area contributed by atoms with Gasteiger partial charge in [0.2, 0.25) is 5.91 Å². The summed E-state index contributed by atoms with van der Waals surface area (Å²) in [5, 5.41) is 9.65. The van der Waals surface area contributed by atoms with Gasteiger partial charge in [-0.25, -0.2) is 4.98 Å². The highest BCUT2D eigenvalue weighted by molar-refractivity contribution is 7.11. The first-order valence-corrected chi connectivity index (χ1v) is 6.21. The zero-order chi connectivity index (χ0) is 12.0. The molecule has 0 atom stereocenters. The summed E-state index contributed by atoms with van der Waals surface area (Å²) in [7, 11) is 1.80. The number of hydrogen-bond donors (Lipinski definition) is 1. The molecule has 4 nitrogen and oxygen atoms in total. The van der Waals surface area contributed by atoms with Crippen LogP contribution in [0.2, 0.25) is 0 Å². The number of aromatic nitrogens is 1. The van der Waals surface area contributed by atoms with Crippen LogP contribution in [-0.2, 0) is 11.3 Å². The van der Waals surface area contributed by atoms with E-state index >= 15 is 0 Å².